The Bertz CT molecular complexity index is 312. The molecule has 1 rings (SSSR count). The molecule has 1 heterocycles. The average molecular weight is 250 g/mol. The molecule has 1 aliphatic rings. The smallest absolute Gasteiger partial charge is 0.372 e. The molecule has 0 aromatic rings. The van der Waals surface area contributed by atoms with Gasteiger partial charge in [0.05, 0.1) is 19.1 Å². The number of ether oxygens (including phenoxy) is 1. The monoisotopic (exact) mass is 250 g/mol. The minimum Gasteiger partial charge on any atom is -0.372 e. The van der Waals surface area contributed by atoms with Gasteiger partial charge in [0, 0.05) is 6.54 Å². The van der Waals surface area contributed by atoms with Gasteiger partial charge in [-0.05, 0) is 12.8 Å². The van der Waals surface area contributed by atoms with E-state index >= 15 is 0 Å². The molecular formula is C10H13F3N2O2. The molecule has 1 saturated heterocycles. The van der Waals surface area contributed by atoms with E-state index in [-0.39, 0.29) is 18.9 Å². The number of halogens is 3. The zero-order valence-electron chi connectivity index (χ0n) is 9.16. The Morgan fingerprint density at radius 2 is 2.24 bits per heavy atom. The first-order valence-corrected chi connectivity index (χ1v) is 5.27. The summed E-state index contributed by atoms with van der Waals surface area (Å²) in [6.45, 7) is -1.12. The standard InChI is InChI=1S/C10H13F3N2O2/c11-10(12,13)7-17-5-3-9(16)15-4-1-2-8(15)6-14/h8H,1-5,7H2. The van der Waals surface area contributed by atoms with Crippen LogP contribution in [0.15, 0.2) is 0 Å². The Balaban J connectivity index is 2.24. The van der Waals surface area contributed by atoms with Crippen LogP contribution >= 0.6 is 0 Å². The minimum atomic E-state index is -4.37. The molecule has 0 saturated carbocycles. The first kappa shape index (κ1) is 13.8. The van der Waals surface area contributed by atoms with Gasteiger partial charge in [0.1, 0.15) is 12.6 Å². The van der Waals surface area contributed by atoms with E-state index in [0.29, 0.717) is 13.0 Å². The lowest BCUT2D eigenvalue weighted by atomic mass is 10.2. The zero-order valence-corrected chi connectivity index (χ0v) is 9.16. The molecule has 0 aromatic heterocycles. The van der Waals surface area contributed by atoms with Crippen LogP contribution in [0.1, 0.15) is 19.3 Å². The number of likely N-dealkylation sites (tertiary alicyclic amines) is 1. The Morgan fingerprint density at radius 3 is 2.82 bits per heavy atom. The van der Waals surface area contributed by atoms with Crippen molar-refractivity contribution in [1.29, 1.82) is 5.26 Å². The molecule has 96 valence electrons. The van der Waals surface area contributed by atoms with E-state index in [9.17, 15) is 18.0 Å². The normalized spacial score (nSPS) is 20.4. The van der Waals surface area contributed by atoms with Gasteiger partial charge in [-0.1, -0.05) is 0 Å². The van der Waals surface area contributed by atoms with Crippen LogP contribution in [0.4, 0.5) is 13.2 Å². The van der Waals surface area contributed by atoms with Gasteiger partial charge in [0.2, 0.25) is 5.91 Å². The van der Waals surface area contributed by atoms with Gasteiger partial charge in [0.15, 0.2) is 0 Å². The van der Waals surface area contributed by atoms with Crippen LogP contribution in [0.2, 0.25) is 0 Å². The third-order valence-electron chi connectivity index (χ3n) is 2.45. The molecule has 1 fully saturated rings. The summed E-state index contributed by atoms with van der Waals surface area (Å²) in [5, 5.41) is 8.74. The van der Waals surface area contributed by atoms with Crippen LogP contribution in [0.5, 0.6) is 0 Å². The number of carbonyl (C=O) groups excluding carboxylic acids is 1. The van der Waals surface area contributed by atoms with Crippen LogP contribution in [0.3, 0.4) is 0 Å². The highest BCUT2D eigenvalue weighted by molar-refractivity contribution is 5.77. The lowest BCUT2D eigenvalue weighted by Gasteiger charge is -2.19. The first-order valence-electron chi connectivity index (χ1n) is 5.27. The van der Waals surface area contributed by atoms with Gasteiger partial charge < -0.3 is 9.64 Å². The molecule has 0 radical (unpaired) electrons. The molecule has 4 nitrogen and oxygen atoms in total. The predicted molar refractivity (Wildman–Crippen MR) is 51.8 cm³/mol. The average Bonchev–Trinajstić information content (AvgIpc) is 2.70. The molecule has 17 heavy (non-hydrogen) atoms. The molecule has 7 heteroatoms. The molecule has 0 bridgehead atoms. The molecule has 1 atom stereocenters. The van der Waals surface area contributed by atoms with Crippen LogP contribution in [-0.2, 0) is 9.53 Å². The molecule has 0 spiro atoms. The summed E-state index contributed by atoms with van der Waals surface area (Å²) < 4.78 is 39.5. The van der Waals surface area contributed by atoms with Crippen molar-refractivity contribution in [2.75, 3.05) is 19.8 Å². The van der Waals surface area contributed by atoms with Crippen molar-refractivity contribution >= 4 is 5.91 Å². The van der Waals surface area contributed by atoms with E-state index in [0.717, 1.165) is 6.42 Å². The number of nitriles is 1. The Kier molecular flexibility index (Phi) is 4.75. The molecular weight excluding hydrogens is 237 g/mol. The zero-order chi connectivity index (χ0) is 12.9. The van der Waals surface area contributed by atoms with Crippen LogP contribution in [-0.4, -0.2) is 42.8 Å². The maximum Gasteiger partial charge on any atom is 0.411 e. The van der Waals surface area contributed by atoms with E-state index in [4.69, 9.17) is 5.26 Å². The number of amides is 1. The largest absolute Gasteiger partial charge is 0.411 e. The van der Waals surface area contributed by atoms with Crippen molar-refractivity contribution < 1.29 is 22.7 Å². The molecule has 1 aliphatic heterocycles. The second-order valence-corrected chi connectivity index (χ2v) is 3.79. The Hall–Kier alpha value is -1.29. The lowest BCUT2D eigenvalue weighted by molar-refractivity contribution is -0.175. The highest BCUT2D eigenvalue weighted by atomic mass is 19.4. The molecule has 0 aliphatic carbocycles. The topological polar surface area (TPSA) is 53.3 Å². The summed E-state index contributed by atoms with van der Waals surface area (Å²) in [7, 11) is 0. The minimum absolute atomic E-state index is 0.117. The third kappa shape index (κ3) is 4.61. The van der Waals surface area contributed by atoms with Crippen molar-refractivity contribution in [3.63, 3.8) is 0 Å². The number of alkyl halides is 3. The first-order chi connectivity index (χ1) is 7.94. The second kappa shape index (κ2) is 5.87. The highest BCUT2D eigenvalue weighted by Gasteiger charge is 2.29. The quantitative estimate of drug-likeness (QED) is 0.710. The summed E-state index contributed by atoms with van der Waals surface area (Å²) in [5.74, 6) is -0.323. The Morgan fingerprint density at radius 1 is 1.53 bits per heavy atom. The van der Waals surface area contributed by atoms with Crippen molar-refractivity contribution in [1.82, 2.24) is 4.90 Å². The van der Waals surface area contributed by atoms with Gasteiger partial charge in [0.25, 0.3) is 0 Å². The maximum atomic E-state index is 11.7. The Labute approximate surface area is 96.9 Å². The van der Waals surface area contributed by atoms with Crippen molar-refractivity contribution in [3.05, 3.63) is 0 Å². The van der Waals surface area contributed by atoms with Crippen LogP contribution < -0.4 is 0 Å². The lowest BCUT2D eigenvalue weighted by Crippen LogP contribution is -2.35. The van der Waals surface area contributed by atoms with E-state index < -0.39 is 18.8 Å². The SMILES string of the molecule is N#CC1CCCN1C(=O)CCOCC(F)(F)F. The third-order valence-corrected chi connectivity index (χ3v) is 2.45. The fourth-order valence-corrected chi connectivity index (χ4v) is 1.69. The number of hydrogen-bond acceptors (Lipinski definition) is 3. The van der Waals surface area contributed by atoms with E-state index in [2.05, 4.69) is 4.74 Å². The van der Waals surface area contributed by atoms with E-state index in [1.807, 2.05) is 6.07 Å². The molecule has 1 amide bonds. The number of carbonyl (C=O) groups is 1. The molecule has 1 unspecified atom stereocenters. The highest BCUT2D eigenvalue weighted by Crippen LogP contribution is 2.18. The van der Waals surface area contributed by atoms with Crippen molar-refractivity contribution in [2.45, 2.75) is 31.5 Å². The van der Waals surface area contributed by atoms with Crippen LogP contribution in [0, 0.1) is 11.3 Å². The predicted octanol–water partition coefficient (Wildman–Crippen LogP) is 1.47. The summed E-state index contributed by atoms with van der Waals surface area (Å²) >= 11 is 0. The number of nitrogens with zero attached hydrogens (tertiary/aromatic N) is 2. The van der Waals surface area contributed by atoms with Crippen LogP contribution in [0.25, 0.3) is 0 Å². The summed E-state index contributed by atoms with van der Waals surface area (Å²) in [6.07, 6.45) is -3.10. The fourth-order valence-electron chi connectivity index (χ4n) is 1.69. The van der Waals surface area contributed by atoms with Gasteiger partial charge in [-0.2, -0.15) is 18.4 Å². The molecule has 0 aromatic carbocycles. The van der Waals surface area contributed by atoms with Gasteiger partial charge in [-0.15, -0.1) is 0 Å². The van der Waals surface area contributed by atoms with E-state index in [1.165, 1.54) is 4.90 Å². The van der Waals surface area contributed by atoms with Crippen molar-refractivity contribution in [3.8, 4) is 6.07 Å². The summed E-state index contributed by atoms with van der Waals surface area (Å²) in [6, 6.07) is 1.55. The van der Waals surface area contributed by atoms with E-state index in [1.54, 1.807) is 0 Å². The summed E-state index contributed by atoms with van der Waals surface area (Å²) in [5.41, 5.74) is 0. The number of rotatable bonds is 4. The second-order valence-electron chi connectivity index (χ2n) is 3.79. The fraction of sp³-hybridized carbons (Fsp3) is 0.800. The van der Waals surface area contributed by atoms with Gasteiger partial charge >= 0.3 is 6.18 Å². The summed E-state index contributed by atoms with van der Waals surface area (Å²) in [4.78, 5) is 13.0. The number of hydrogen-bond donors (Lipinski definition) is 0. The molecule has 0 N–H and O–H groups in total. The van der Waals surface area contributed by atoms with Gasteiger partial charge in [-0.3, -0.25) is 4.79 Å². The van der Waals surface area contributed by atoms with Crippen molar-refractivity contribution in [2.24, 2.45) is 0 Å². The maximum absolute atomic E-state index is 11.7. The van der Waals surface area contributed by atoms with Gasteiger partial charge in [-0.25, -0.2) is 0 Å².